The average Bonchev–Trinajstić information content (AvgIpc) is 2.39. The van der Waals surface area contributed by atoms with Crippen molar-refractivity contribution in [3.05, 3.63) is 60.2 Å². The Labute approximate surface area is 108 Å². The first-order valence-corrected chi connectivity index (χ1v) is 5.87. The summed E-state index contributed by atoms with van der Waals surface area (Å²) in [6.07, 6.45) is 0. The van der Waals surface area contributed by atoms with Gasteiger partial charge in [-0.15, -0.1) is 0 Å². The first kappa shape index (κ1) is 12.2. The Kier molecular flexibility index (Phi) is 3.63. The number of nitrogens with zero attached hydrogens (tertiary/aromatic N) is 2. The maximum atomic E-state index is 5.77. The lowest BCUT2D eigenvalue weighted by molar-refractivity contribution is 1.01. The number of benzene rings is 2. The molecule has 2 N–H and O–H groups in total. The summed E-state index contributed by atoms with van der Waals surface area (Å²) in [5.41, 5.74) is 9.56. The third-order valence-electron chi connectivity index (χ3n) is 2.73. The summed E-state index contributed by atoms with van der Waals surface area (Å²) in [5, 5.41) is 6.41. The summed E-state index contributed by atoms with van der Waals surface area (Å²) < 4.78 is 0. The van der Waals surface area contributed by atoms with Crippen LogP contribution in [-0.4, -0.2) is 12.8 Å². The molecule has 0 spiro atoms. The number of nitrogen functional groups attached to an aromatic ring is 1. The van der Waals surface area contributed by atoms with E-state index in [1.807, 2.05) is 73.6 Å². The van der Waals surface area contributed by atoms with Crippen molar-refractivity contribution in [3.8, 4) is 0 Å². The van der Waals surface area contributed by atoms with Gasteiger partial charge in [0.25, 0.3) is 0 Å². The standard InChI is InChI=1S/C15H17N3/c1-12(13-7-6-8-14(16)11-13)17-18(2)15-9-4-3-5-10-15/h3-11H,16H2,1-2H3/b17-12+. The third kappa shape index (κ3) is 2.88. The lowest BCUT2D eigenvalue weighted by Gasteiger charge is -2.14. The van der Waals surface area contributed by atoms with Crippen LogP contribution in [0.4, 0.5) is 11.4 Å². The zero-order valence-corrected chi connectivity index (χ0v) is 10.7. The molecule has 0 atom stereocenters. The highest BCUT2D eigenvalue weighted by Crippen LogP contribution is 2.13. The van der Waals surface area contributed by atoms with E-state index in [0.29, 0.717) is 0 Å². The van der Waals surface area contributed by atoms with Crippen LogP contribution >= 0.6 is 0 Å². The van der Waals surface area contributed by atoms with Crippen LogP contribution < -0.4 is 10.7 Å². The summed E-state index contributed by atoms with van der Waals surface area (Å²) >= 11 is 0. The van der Waals surface area contributed by atoms with Crippen molar-refractivity contribution in [1.29, 1.82) is 0 Å². The minimum absolute atomic E-state index is 0.754. The number of rotatable bonds is 3. The zero-order chi connectivity index (χ0) is 13.0. The Balaban J connectivity index is 2.23. The van der Waals surface area contributed by atoms with E-state index in [0.717, 1.165) is 22.6 Å². The minimum atomic E-state index is 0.754. The molecule has 0 aromatic heterocycles. The molecule has 3 nitrogen and oxygen atoms in total. The van der Waals surface area contributed by atoms with Crippen LogP contribution in [0.15, 0.2) is 59.7 Å². The normalized spacial score (nSPS) is 11.3. The molecule has 92 valence electrons. The van der Waals surface area contributed by atoms with E-state index in [4.69, 9.17) is 5.73 Å². The quantitative estimate of drug-likeness (QED) is 0.508. The highest BCUT2D eigenvalue weighted by molar-refractivity contribution is 5.99. The van der Waals surface area contributed by atoms with Crippen LogP contribution in [0.1, 0.15) is 12.5 Å². The van der Waals surface area contributed by atoms with Crippen LogP contribution in [0.2, 0.25) is 0 Å². The first-order valence-electron chi connectivity index (χ1n) is 5.87. The van der Waals surface area contributed by atoms with Gasteiger partial charge in [0.1, 0.15) is 0 Å². The number of nitrogens with two attached hydrogens (primary N) is 1. The average molecular weight is 239 g/mol. The lowest BCUT2D eigenvalue weighted by Crippen LogP contribution is -2.12. The second kappa shape index (κ2) is 5.36. The second-order valence-corrected chi connectivity index (χ2v) is 4.17. The molecule has 3 heteroatoms. The molecule has 0 aliphatic rings. The van der Waals surface area contributed by atoms with E-state index in [9.17, 15) is 0 Å². The van der Waals surface area contributed by atoms with Gasteiger partial charge in [-0.2, -0.15) is 5.10 Å². The van der Waals surface area contributed by atoms with Crippen molar-refractivity contribution in [2.45, 2.75) is 6.92 Å². The highest BCUT2D eigenvalue weighted by Gasteiger charge is 2.01. The van der Waals surface area contributed by atoms with E-state index in [-0.39, 0.29) is 0 Å². The Bertz CT molecular complexity index is 547. The molecule has 0 aliphatic carbocycles. The highest BCUT2D eigenvalue weighted by atomic mass is 15.4. The van der Waals surface area contributed by atoms with Crippen molar-refractivity contribution in [2.75, 3.05) is 17.8 Å². The van der Waals surface area contributed by atoms with Gasteiger partial charge in [-0.05, 0) is 36.8 Å². The van der Waals surface area contributed by atoms with Crippen LogP contribution in [0.25, 0.3) is 0 Å². The molecule has 0 unspecified atom stereocenters. The molecule has 0 amide bonds. The second-order valence-electron chi connectivity index (χ2n) is 4.17. The molecular formula is C15H17N3. The van der Waals surface area contributed by atoms with Gasteiger partial charge >= 0.3 is 0 Å². The largest absolute Gasteiger partial charge is 0.399 e. The van der Waals surface area contributed by atoms with E-state index >= 15 is 0 Å². The maximum Gasteiger partial charge on any atom is 0.0651 e. The summed E-state index contributed by atoms with van der Waals surface area (Å²) in [5.74, 6) is 0. The predicted octanol–water partition coefficient (Wildman–Crippen LogP) is 3.13. The van der Waals surface area contributed by atoms with E-state index in [2.05, 4.69) is 5.10 Å². The maximum absolute atomic E-state index is 5.77. The van der Waals surface area contributed by atoms with Crippen LogP contribution in [0, 0.1) is 0 Å². The van der Waals surface area contributed by atoms with Crippen molar-refractivity contribution < 1.29 is 0 Å². The fourth-order valence-corrected chi connectivity index (χ4v) is 1.75. The topological polar surface area (TPSA) is 41.6 Å². The fourth-order valence-electron chi connectivity index (χ4n) is 1.75. The van der Waals surface area contributed by atoms with Gasteiger partial charge < -0.3 is 5.73 Å². The van der Waals surface area contributed by atoms with Crippen molar-refractivity contribution in [2.24, 2.45) is 5.10 Å². The molecule has 0 radical (unpaired) electrons. The molecule has 0 saturated heterocycles. The fraction of sp³-hybridized carbons (Fsp3) is 0.133. The number of anilines is 2. The van der Waals surface area contributed by atoms with Gasteiger partial charge in [-0.3, -0.25) is 5.01 Å². The summed E-state index contributed by atoms with van der Waals surface area (Å²) in [6, 6.07) is 17.8. The molecule has 0 heterocycles. The Morgan fingerprint density at radius 3 is 2.44 bits per heavy atom. The van der Waals surface area contributed by atoms with E-state index < -0.39 is 0 Å². The zero-order valence-electron chi connectivity index (χ0n) is 10.7. The molecule has 0 aliphatic heterocycles. The number of hydrogen-bond acceptors (Lipinski definition) is 3. The Morgan fingerprint density at radius 1 is 1.06 bits per heavy atom. The van der Waals surface area contributed by atoms with Gasteiger partial charge in [0.2, 0.25) is 0 Å². The molecule has 2 aromatic carbocycles. The smallest absolute Gasteiger partial charge is 0.0651 e. The Morgan fingerprint density at radius 2 is 1.78 bits per heavy atom. The summed E-state index contributed by atoms with van der Waals surface area (Å²) in [7, 11) is 1.94. The van der Waals surface area contributed by atoms with Crippen molar-refractivity contribution in [1.82, 2.24) is 0 Å². The first-order chi connectivity index (χ1) is 8.66. The van der Waals surface area contributed by atoms with Gasteiger partial charge in [0, 0.05) is 12.7 Å². The molecule has 2 aromatic rings. The molecule has 0 fully saturated rings. The number of hydrazone groups is 1. The Hall–Kier alpha value is -2.29. The molecule has 18 heavy (non-hydrogen) atoms. The summed E-state index contributed by atoms with van der Waals surface area (Å²) in [4.78, 5) is 0. The van der Waals surface area contributed by atoms with Crippen LogP contribution in [0.5, 0.6) is 0 Å². The van der Waals surface area contributed by atoms with E-state index in [1.54, 1.807) is 0 Å². The van der Waals surface area contributed by atoms with Crippen molar-refractivity contribution >= 4 is 17.1 Å². The van der Waals surface area contributed by atoms with E-state index in [1.165, 1.54) is 0 Å². The van der Waals surface area contributed by atoms with Gasteiger partial charge in [-0.1, -0.05) is 30.3 Å². The predicted molar refractivity (Wildman–Crippen MR) is 77.9 cm³/mol. The van der Waals surface area contributed by atoms with Gasteiger partial charge in [0.05, 0.1) is 11.4 Å². The van der Waals surface area contributed by atoms with Gasteiger partial charge in [-0.25, -0.2) is 0 Å². The minimum Gasteiger partial charge on any atom is -0.399 e. The SMILES string of the molecule is C/C(=N\N(C)c1ccccc1)c1cccc(N)c1. The monoisotopic (exact) mass is 239 g/mol. The molecular weight excluding hydrogens is 222 g/mol. The third-order valence-corrected chi connectivity index (χ3v) is 2.73. The number of para-hydroxylation sites is 1. The van der Waals surface area contributed by atoms with Gasteiger partial charge in [0.15, 0.2) is 0 Å². The van der Waals surface area contributed by atoms with Crippen molar-refractivity contribution in [3.63, 3.8) is 0 Å². The molecule has 0 bridgehead atoms. The number of hydrogen-bond donors (Lipinski definition) is 1. The molecule has 2 rings (SSSR count). The van der Waals surface area contributed by atoms with Crippen LogP contribution in [-0.2, 0) is 0 Å². The summed E-state index contributed by atoms with van der Waals surface area (Å²) in [6.45, 7) is 1.98. The molecule has 0 saturated carbocycles. The van der Waals surface area contributed by atoms with Crippen LogP contribution in [0.3, 0.4) is 0 Å². The lowest BCUT2D eigenvalue weighted by atomic mass is 10.1.